The first-order valence-corrected chi connectivity index (χ1v) is 22.7. The molecular weight excluding hydrogens is 771 g/mol. The molecule has 18 N–H and O–H groups in total. The zero-order valence-electron chi connectivity index (χ0n) is 36.7. The number of carbonyl (C=O) groups is 6. The summed E-state index contributed by atoms with van der Waals surface area (Å²) < 4.78 is 0. The topological polar surface area (TPSA) is 329 Å². The van der Waals surface area contributed by atoms with Gasteiger partial charge in [0, 0.05) is 45.6 Å². The van der Waals surface area contributed by atoms with Crippen molar-refractivity contribution in [1.82, 2.24) is 42.5 Å². The number of rotatable bonds is 43. The highest BCUT2D eigenvalue weighted by Crippen LogP contribution is 2.07. The predicted octanol–water partition coefficient (Wildman–Crippen LogP) is -1.78. The number of nitrogens with one attached hydrogen (secondary N) is 8. The van der Waals surface area contributed by atoms with Crippen molar-refractivity contribution in [3.05, 3.63) is 0 Å². The zero-order valence-corrected chi connectivity index (χ0v) is 36.7. The number of Topliss-reactive ketones (excluding diaryl/α,β-unsaturated/α-hetero) is 1. The second-order valence-electron chi connectivity index (χ2n) is 15.2. The summed E-state index contributed by atoms with van der Waals surface area (Å²) in [7, 11) is 0. The second kappa shape index (κ2) is 41.1. The Kier molecular flexibility index (Phi) is 38.8. The first-order valence-electron chi connectivity index (χ1n) is 22.7. The molecule has 350 valence electrons. The molecule has 0 saturated carbocycles. The fourth-order valence-electron chi connectivity index (χ4n) is 6.14. The Labute approximate surface area is 359 Å². The lowest BCUT2D eigenvalue weighted by Crippen LogP contribution is -2.47. The summed E-state index contributed by atoms with van der Waals surface area (Å²) in [5, 5.41) is 24.0. The second-order valence-corrected chi connectivity index (χ2v) is 15.2. The quantitative estimate of drug-likeness (QED) is 0.0302. The number of nitrogens with two attached hydrogens (primary N) is 5. The van der Waals surface area contributed by atoms with Gasteiger partial charge >= 0.3 is 0 Å². The van der Waals surface area contributed by atoms with Gasteiger partial charge in [0.15, 0.2) is 0 Å². The molecule has 3 unspecified atom stereocenters. The van der Waals surface area contributed by atoms with Gasteiger partial charge < -0.3 is 71.2 Å². The number of amides is 5. The standard InChI is InChI=1S/C41H85N13O6/c42-17-3-9-22-48-34(40(59)53-28-12-6-20-45)31-38(57)50-25-8-1-2-16-36(55)33(30-37(56)51-26-11-5-19-44)47-24-14-15-27-52-39(58)32-35(49-23-10-4-18-43)41(60)54-29-13-7-21-46/h33-35,47-49H,1-32,42-46H2,(H,50,57)(H,51,56)(H,52,58)(H,53,59)(H,54,60). The monoisotopic (exact) mass is 856 g/mol. The Bertz CT molecular complexity index is 1140. The van der Waals surface area contributed by atoms with Crippen LogP contribution in [0.3, 0.4) is 0 Å². The molecule has 19 nitrogen and oxygen atoms in total. The minimum atomic E-state index is -0.654. The van der Waals surface area contributed by atoms with Crippen LogP contribution < -0.4 is 71.2 Å². The number of unbranched alkanes of at least 4 members (excludes halogenated alkanes) is 8. The molecule has 0 aliphatic rings. The highest BCUT2D eigenvalue weighted by molar-refractivity contribution is 5.90. The third-order valence-corrected chi connectivity index (χ3v) is 9.79. The van der Waals surface area contributed by atoms with Crippen molar-refractivity contribution in [2.75, 3.05) is 85.1 Å². The number of ketones is 1. The maximum absolute atomic E-state index is 13.3. The van der Waals surface area contributed by atoms with Gasteiger partial charge in [-0.15, -0.1) is 0 Å². The summed E-state index contributed by atoms with van der Waals surface area (Å²) in [4.78, 5) is 77.0. The van der Waals surface area contributed by atoms with E-state index in [4.69, 9.17) is 28.7 Å². The van der Waals surface area contributed by atoms with Crippen LogP contribution in [0.1, 0.15) is 122 Å². The van der Waals surface area contributed by atoms with Gasteiger partial charge in [-0.2, -0.15) is 0 Å². The largest absolute Gasteiger partial charge is 0.356 e. The summed E-state index contributed by atoms with van der Waals surface area (Å²) in [6, 6.07) is -1.95. The van der Waals surface area contributed by atoms with E-state index in [2.05, 4.69) is 42.5 Å². The van der Waals surface area contributed by atoms with Crippen LogP contribution in [0.4, 0.5) is 0 Å². The van der Waals surface area contributed by atoms with Crippen molar-refractivity contribution in [2.24, 2.45) is 28.7 Å². The van der Waals surface area contributed by atoms with Gasteiger partial charge in [-0.3, -0.25) is 28.8 Å². The molecule has 0 rings (SSSR count). The van der Waals surface area contributed by atoms with Crippen molar-refractivity contribution >= 4 is 35.3 Å². The van der Waals surface area contributed by atoms with E-state index in [9.17, 15) is 28.8 Å². The number of carbonyl (C=O) groups excluding carboxylic acids is 6. The van der Waals surface area contributed by atoms with Gasteiger partial charge in [-0.05, 0) is 142 Å². The lowest BCUT2D eigenvalue weighted by atomic mass is 10.0. The first kappa shape index (κ1) is 56.7. The van der Waals surface area contributed by atoms with Crippen molar-refractivity contribution in [3.63, 3.8) is 0 Å². The van der Waals surface area contributed by atoms with Crippen LogP contribution >= 0.6 is 0 Å². The lowest BCUT2D eigenvalue weighted by Gasteiger charge is -2.19. The Balaban J connectivity index is 4.87. The van der Waals surface area contributed by atoms with Crippen LogP contribution in [-0.4, -0.2) is 139 Å². The molecule has 0 spiro atoms. The molecule has 5 amide bonds. The van der Waals surface area contributed by atoms with E-state index in [1.807, 2.05) is 0 Å². The Morgan fingerprint density at radius 3 is 0.983 bits per heavy atom. The van der Waals surface area contributed by atoms with Crippen molar-refractivity contribution in [3.8, 4) is 0 Å². The molecule has 19 heteroatoms. The molecule has 0 aromatic carbocycles. The van der Waals surface area contributed by atoms with Crippen LogP contribution in [0.25, 0.3) is 0 Å². The normalized spacial score (nSPS) is 12.6. The van der Waals surface area contributed by atoms with Gasteiger partial charge in [-0.25, -0.2) is 0 Å². The highest BCUT2D eigenvalue weighted by Gasteiger charge is 2.23. The number of hydrogen-bond acceptors (Lipinski definition) is 14. The molecule has 0 fully saturated rings. The summed E-state index contributed by atoms with van der Waals surface area (Å²) in [5.41, 5.74) is 27.8. The Morgan fingerprint density at radius 2 is 0.600 bits per heavy atom. The number of hydrogen-bond donors (Lipinski definition) is 13. The molecular formula is C41H85N13O6. The van der Waals surface area contributed by atoms with E-state index >= 15 is 0 Å². The molecule has 0 bridgehead atoms. The minimum absolute atomic E-state index is 0.00977. The molecule has 0 saturated heterocycles. The molecule has 0 aliphatic carbocycles. The van der Waals surface area contributed by atoms with E-state index < -0.39 is 18.1 Å². The van der Waals surface area contributed by atoms with E-state index in [1.54, 1.807) is 0 Å². The van der Waals surface area contributed by atoms with Crippen LogP contribution in [-0.2, 0) is 28.8 Å². The molecule has 0 aromatic heterocycles. The fraction of sp³-hybridized carbons (Fsp3) is 0.854. The lowest BCUT2D eigenvalue weighted by molar-refractivity contribution is -0.128. The summed E-state index contributed by atoms with van der Waals surface area (Å²) in [5.74, 6) is -1.16. The first-order chi connectivity index (χ1) is 29.1. The van der Waals surface area contributed by atoms with Gasteiger partial charge in [0.05, 0.1) is 31.0 Å². The average molecular weight is 856 g/mol. The molecule has 0 aromatic rings. The van der Waals surface area contributed by atoms with Crippen LogP contribution in [0.15, 0.2) is 0 Å². The fourth-order valence-corrected chi connectivity index (χ4v) is 6.14. The van der Waals surface area contributed by atoms with E-state index in [0.717, 1.165) is 64.2 Å². The van der Waals surface area contributed by atoms with Gasteiger partial charge in [0.25, 0.3) is 0 Å². The maximum Gasteiger partial charge on any atom is 0.237 e. The Morgan fingerprint density at radius 1 is 0.317 bits per heavy atom. The Hall–Kier alpha value is -3.30. The smallest absolute Gasteiger partial charge is 0.237 e. The van der Waals surface area contributed by atoms with Crippen LogP contribution in [0.2, 0.25) is 0 Å². The van der Waals surface area contributed by atoms with E-state index in [1.165, 1.54) is 0 Å². The van der Waals surface area contributed by atoms with Gasteiger partial charge in [-0.1, -0.05) is 6.42 Å². The molecule has 3 atom stereocenters. The average Bonchev–Trinajstić information content (AvgIpc) is 3.23. The molecule has 60 heavy (non-hydrogen) atoms. The van der Waals surface area contributed by atoms with Crippen molar-refractivity contribution in [1.29, 1.82) is 0 Å². The van der Waals surface area contributed by atoms with Crippen molar-refractivity contribution in [2.45, 2.75) is 140 Å². The van der Waals surface area contributed by atoms with Gasteiger partial charge in [0.2, 0.25) is 29.5 Å². The summed E-state index contributed by atoms with van der Waals surface area (Å²) >= 11 is 0. The SMILES string of the molecule is NCCCCNC(=O)CC(NCCCCNC(=O)CC(NCCCCN)C(=O)NCCCCN)C(=O)CCCCCNC(=O)CC(NCCCCN)C(=O)NCCCCN. The van der Waals surface area contributed by atoms with Crippen LogP contribution in [0.5, 0.6) is 0 Å². The van der Waals surface area contributed by atoms with E-state index in [-0.39, 0.29) is 61.0 Å². The maximum atomic E-state index is 13.3. The van der Waals surface area contributed by atoms with Crippen molar-refractivity contribution < 1.29 is 28.8 Å². The highest BCUT2D eigenvalue weighted by atomic mass is 16.2. The molecule has 0 heterocycles. The minimum Gasteiger partial charge on any atom is -0.356 e. The zero-order chi connectivity index (χ0) is 44.5. The van der Waals surface area contributed by atoms with E-state index in [0.29, 0.717) is 117 Å². The summed E-state index contributed by atoms with van der Waals surface area (Å²) in [6.07, 6.45) is 11.5. The van der Waals surface area contributed by atoms with Crippen LogP contribution in [0, 0.1) is 0 Å². The summed E-state index contributed by atoms with van der Waals surface area (Å²) in [6.45, 7) is 6.73. The molecule has 0 aliphatic heterocycles. The molecule has 0 radical (unpaired) electrons. The third kappa shape index (κ3) is 33.4. The van der Waals surface area contributed by atoms with Gasteiger partial charge in [0.1, 0.15) is 5.78 Å². The predicted molar refractivity (Wildman–Crippen MR) is 238 cm³/mol. The third-order valence-electron chi connectivity index (χ3n) is 9.79.